The zero-order valence-electron chi connectivity index (χ0n) is 20.6. The van der Waals surface area contributed by atoms with Crippen LogP contribution in [0.3, 0.4) is 0 Å². The van der Waals surface area contributed by atoms with Crippen LogP contribution in [0.25, 0.3) is 39.0 Å². The van der Waals surface area contributed by atoms with E-state index in [9.17, 15) is 0 Å². The minimum absolute atomic E-state index is 0.821. The molecule has 0 spiro atoms. The van der Waals surface area contributed by atoms with Gasteiger partial charge < -0.3 is 0 Å². The summed E-state index contributed by atoms with van der Waals surface area (Å²) in [5.41, 5.74) is 6.03. The first-order valence-electron chi connectivity index (χ1n) is 12.7. The highest BCUT2D eigenvalue weighted by atomic mass is 15.2. The Labute approximate surface area is 221 Å². The first kappa shape index (κ1) is 22.0. The predicted molar refractivity (Wildman–Crippen MR) is 156 cm³/mol. The van der Waals surface area contributed by atoms with Gasteiger partial charge in [0.2, 0.25) is 0 Å². The second-order valence-electron chi connectivity index (χ2n) is 9.14. The Balaban J connectivity index is 1.36. The molecule has 4 aromatic carbocycles. The molecule has 4 nitrogen and oxygen atoms in total. The van der Waals surface area contributed by atoms with Crippen LogP contribution in [-0.4, -0.2) is 14.5 Å². The Kier molecular flexibility index (Phi) is 5.41. The van der Waals surface area contributed by atoms with Crippen LogP contribution in [0, 0.1) is 0 Å². The van der Waals surface area contributed by atoms with Gasteiger partial charge in [0.25, 0.3) is 0 Å². The molecule has 0 aliphatic heterocycles. The third kappa shape index (κ3) is 3.80. The average Bonchev–Trinajstić information content (AvgIpc) is 3.33. The number of aromatic nitrogens is 3. The van der Waals surface area contributed by atoms with E-state index in [2.05, 4.69) is 94.4 Å². The maximum Gasteiger partial charge on any atom is 0.138 e. The lowest BCUT2D eigenvalue weighted by Crippen LogP contribution is -2.11. The summed E-state index contributed by atoms with van der Waals surface area (Å²) in [6, 6.07) is 49.9. The van der Waals surface area contributed by atoms with Crippen LogP contribution in [0.5, 0.6) is 0 Å². The number of hydrogen-bond donors (Lipinski definition) is 0. The summed E-state index contributed by atoms with van der Waals surface area (Å²) in [5.74, 6) is 1.71. The first-order chi connectivity index (χ1) is 18.9. The van der Waals surface area contributed by atoms with E-state index in [1.807, 2.05) is 60.7 Å². The minimum atomic E-state index is 0.821. The van der Waals surface area contributed by atoms with Crippen LogP contribution in [-0.2, 0) is 0 Å². The van der Waals surface area contributed by atoms with E-state index in [-0.39, 0.29) is 0 Å². The van der Waals surface area contributed by atoms with E-state index in [0.717, 1.165) is 45.4 Å². The number of nitrogens with zero attached hydrogens (tertiary/aromatic N) is 4. The Morgan fingerprint density at radius 1 is 0.421 bits per heavy atom. The van der Waals surface area contributed by atoms with Crippen LogP contribution in [0.1, 0.15) is 0 Å². The lowest BCUT2D eigenvalue weighted by atomic mass is 10.2. The molecule has 7 rings (SSSR count). The van der Waals surface area contributed by atoms with Crippen molar-refractivity contribution in [3.63, 3.8) is 0 Å². The molecule has 7 aromatic rings. The van der Waals surface area contributed by atoms with Crippen molar-refractivity contribution in [3.8, 4) is 17.2 Å². The number of fused-ring (bicyclic) bond motifs is 3. The monoisotopic (exact) mass is 488 g/mol. The van der Waals surface area contributed by atoms with Gasteiger partial charge in [-0.3, -0.25) is 9.47 Å². The minimum Gasteiger partial charge on any atom is -0.295 e. The highest BCUT2D eigenvalue weighted by Gasteiger charge is 2.16. The standard InChI is InChI=1S/C34H24N4/c1-3-13-25(14-4-1)37(26-15-5-2-6-16-26)33-23-11-19-29(35-33)30-20-12-24-34(36-30)38-31-21-9-7-17-27(31)28-18-8-10-22-32(28)38/h1-24H. The van der Waals surface area contributed by atoms with Gasteiger partial charge in [-0.25, -0.2) is 9.97 Å². The number of pyridine rings is 2. The van der Waals surface area contributed by atoms with Gasteiger partial charge in [0.05, 0.1) is 22.4 Å². The molecule has 0 radical (unpaired) electrons. The fourth-order valence-corrected chi connectivity index (χ4v) is 5.12. The molecule has 0 bridgehead atoms. The molecule has 38 heavy (non-hydrogen) atoms. The molecule has 0 amide bonds. The number of anilines is 3. The quantitative estimate of drug-likeness (QED) is 0.243. The van der Waals surface area contributed by atoms with E-state index in [1.54, 1.807) is 0 Å². The smallest absolute Gasteiger partial charge is 0.138 e. The van der Waals surface area contributed by atoms with Crippen molar-refractivity contribution >= 4 is 39.0 Å². The predicted octanol–water partition coefficient (Wildman–Crippen LogP) is 8.71. The number of rotatable bonds is 5. The van der Waals surface area contributed by atoms with Crippen molar-refractivity contribution in [3.05, 3.63) is 146 Å². The van der Waals surface area contributed by atoms with Crippen molar-refractivity contribution in [2.75, 3.05) is 4.90 Å². The lowest BCUT2D eigenvalue weighted by molar-refractivity contribution is 1.07. The first-order valence-corrected chi connectivity index (χ1v) is 12.7. The van der Waals surface area contributed by atoms with Crippen molar-refractivity contribution in [2.45, 2.75) is 0 Å². The Bertz CT molecular complexity index is 1780. The molecule has 0 aliphatic carbocycles. The highest BCUT2D eigenvalue weighted by Crippen LogP contribution is 2.35. The summed E-state index contributed by atoms with van der Waals surface area (Å²) in [7, 11) is 0. The SMILES string of the molecule is c1ccc(N(c2ccccc2)c2cccc(-c3cccc(-n4c5ccccc5c5ccccc54)n3)n2)cc1. The molecular formula is C34H24N4. The molecule has 3 heterocycles. The zero-order chi connectivity index (χ0) is 25.3. The Morgan fingerprint density at radius 3 is 1.53 bits per heavy atom. The Hall–Kier alpha value is -5.22. The van der Waals surface area contributed by atoms with Gasteiger partial charge in [0, 0.05) is 22.1 Å². The van der Waals surface area contributed by atoms with Gasteiger partial charge in [-0.2, -0.15) is 0 Å². The summed E-state index contributed by atoms with van der Waals surface area (Å²) in [4.78, 5) is 12.4. The van der Waals surface area contributed by atoms with Crippen LogP contribution in [0.4, 0.5) is 17.2 Å². The van der Waals surface area contributed by atoms with E-state index < -0.39 is 0 Å². The molecule has 0 N–H and O–H groups in total. The van der Waals surface area contributed by atoms with Gasteiger partial charge in [0.1, 0.15) is 11.6 Å². The van der Waals surface area contributed by atoms with Gasteiger partial charge in [-0.1, -0.05) is 84.9 Å². The number of hydrogen-bond acceptors (Lipinski definition) is 3. The van der Waals surface area contributed by atoms with Gasteiger partial charge >= 0.3 is 0 Å². The fourth-order valence-electron chi connectivity index (χ4n) is 5.12. The third-order valence-corrected chi connectivity index (χ3v) is 6.80. The second kappa shape index (κ2) is 9.34. The van der Waals surface area contributed by atoms with Gasteiger partial charge in [-0.05, 0) is 60.7 Å². The molecule has 4 heteroatoms. The summed E-state index contributed by atoms with van der Waals surface area (Å²) >= 11 is 0. The zero-order valence-corrected chi connectivity index (χ0v) is 20.6. The largest absolute Gasteiger partial charge is 0.295 e. The van der Waals surface area contributed by atoms with Crippen molar-refractivity contribution in [1.29, 1.82) is 0 Å². The van der Waals surface area contributed by atoms with Crippen LogP contribution < -0.4 is 4.90 Å². The lowest BCUT2D eigenvalue weighted by Gasteiger charge is -2.24. The summed E-state index contributed by atoms with van der Waals surface area (Å²) in [6.07, 6.45) is 0. The maximum atomic E-state index is 5.11. The topological polar surface area (TPSA) is 34.0 Å². The van der Waals surface area contributed by atoms with Crippen LogP contribution in [0.2, 0.25) is 0 Å². The molecular weight excluding hydrogens is 464 g/mol. The molecule has 3 aromatic heterocycles. The molecule has 180 valence electrons. The van der Waals surface area contributed by atoms with Gasteiger partial charge in [-0.15, -0.1) is 0 Å². The van der Waals surface area contributed by atoms with E-state index in [4.69, 9.17) is 9.97 Å². The van der Waals surface area contributed by atoms with Crippen molar-refractivity contribution < 1.29 is 0 Å². The number of benzene rings is 4. The number of para-hydroxylation sites is 4. The van der Waals surface area contributed by atoms with E-state index >= 15 is 0 Å². The molecule has 0 saturated carbocycles. The summed E-state index contributed by atoms with van der Waals surface area (Å²) < 4.78 is 2.23. The molecule has 0 fully saturated rings. The Morgan fingerprint density at radius 2 is 0.921 bits per heavy atom. The second-order valence-corrected chi connectivity index (χ2v) is 9.14. The summed E-state index contributed by atoms with van der Waals surface area (Å²) in [5, 5.41) is 2.44. The fraction of sp³-hybridized carbons (Fsp3) is 0. The average molecular weight is 489 g/mol. The van der Waals surface area contributed by atoms with Crippen LogP contribution in [0.15, 0.2) is 146 Å². The molecule has 0 saturated heterocycles. The summed E-state index contributed by atoms with van der Waals surface area (Å²) in [6.45, 7) is 0. The van der Waals surface area contributed by atoms with Crippen LogP contribution >= 0.6 is 0 Å². The van der Waals surface area contributed by atoms with E-state index in [1.165, 1.54) is 10.8 Å². The normalized spacial score (nSPS) is 11.2. The molecule has 0 atom stereocenters. The van der Waals surface area contributed by atoms with E-state index in [0.29, 0.717) is 0 Å². The molecule has 0 aliphatic rings. The van der Waals surface area contributed by atoms with Crippen molar-refractivity contribution in [2.24, 2.45) is 0 Å². The molecule has 0 unspecified atom stereocenters. The maximum absolute atomic E-state index is 5.11. The highest BCUT2D eigenvalue weighted by molar-refractivity contribution is 6.09. The van der Waals surface area contributed by atoms with Crippen molar-refractivity contribution in [1.82, 2.24) is 14.5 Å². The third-order valence-electron chi connectivity index (χ3n) is 6.80. The van der Waals surface area contributed by atoms with Gasteiger partial charge in [0.15, 0.2) is 0 Å².